The zero-order valence-corrected chi connectivity index (χ0v) is 23.9. The third-order valence-corrected chi connectivity index (χ3v) is 8.56. The van der Waals surface area contributed by atoms with Gasteiger partial charge in [0.1, 0.15) is 5.82 Å². The van der Waals surface area contributed by atoms with Gasteiger partial charge in [-0.25, -0.2) is 4.98 Å². The first-order chi connectivity index (χ1) is 20.5. The molecule has 1 fully saturated rings. The lowest BCUT2D eigenvalue weighted by Gasteiger charge is -2.21. The van der Waals surface area contributed by atoms with Crippen molar-refractivity contribution in [3.63, 3.8) is 0 Å². The number of nitrogens with zero attached hydrogens (tertiary/aromatic N) is 2. The van der Waals surface area contributed by atoms with Crippen LogP contribution in [0.5, 0.6) is 0 Å². The number of aromatic amines is 1. The molecule has 0 unspecified atom stereocenters. The van der Waals surface area contributed by atoms with Crippen molar-refractivity contribution in [3.05, 3.63) is 129 Å². The summed E-state index contributed by atoms with van der Waals surface area (Å²) < 4.78 is 39.7. The highest BCUT2D eigenvalue weighted by Gasteiger charge is 2.48. The molecule has 1 aliphatic carbocycles. The van der Waals surface area contributed by atoms with Gasteiger partial charge in [0, 0.05) is 6.54 Å². The molecular formula is C35H32F3N3O2. The van der Waals surface area contributed by atoms with E-state index in [1.807, 2.05) is 19.1 Å². The van der Waals surface area contributed by atoms with Gasteiger partial charge in [0.25, 0.3) is 5.56 Å². The Labute approximate surface area is 248 Å². The van der Waals surface area contributed by atoms with Gasteiger partial charge in [-0.3, -0.25) is 9.59 Å². The Hall–Kier alpha value is -4.46. The molecule has 1 saturated carbocycles. The van der Waals surface area contributed by atoms with E-state index in [2.05, 4.69) is 23.7 Å². The predicted octanol–water partition coefficient (Wildman–Crippen LogP) is 7.09. The molecule has 3 aromatic carbocycles. The summed E-state index contributed by atoms with van der Waals surface area (Å²) in [6.07, 6.45) is -1.28. The molecule has 1 amide bonds. The predicted molar refractivity (Wildman–Crippen MR) is 160 cm³/mol. The van der Waals surface area contributed by atoms with Crippen molar-refractivity contribution in [2.24, 2.45) is 0 Å². The van der Waals surface area contributed by atoms with Crippen LogP contribution in [0, 0.1) is 0 Å². The van der Waals surface area contributed by atoms with Gasteiger partial charge in [-0.15, -0.1) is 0 Å². The molecule has 0 saturated heterocycles. The van der Waals surface area contributed by atoms with Crippen LogP contribution >= 0.6 is 0 Å². The minimum Gasteiger partial charge on any atom is -0.338 e. The summed E-state index contributed by atoms with van der Waals surface area (Å²) in [5, 5.41) is 0. The normalized spacial score (nSPS) is 15.9. The lowest BCUT2D eigenvalue weighted by Crippen LogP contribution is -2.34. The lowest BCUT2D eigenvalue weighted by molar-refractivity contribution is -0.137. The smallest absolute Gasteiger partial charge is 0.338 e. The summed E-state index contributed by atoms with van der Waals surface area (Å²) >= 11 is 0. The van der Waals surface area contributed by atoms with E-state index in [1.54, 1.807) is 35.2 Å². The van der Waals surface area contributed by atoms with E-state index < -0.39 is 11.7 Å². The fourth-order valence-electron chi connectivity index (χ4n) is 5.95. The van der Waals surface area contributed by atoms with Crippen LogP contribution in [0.25, 0.3) is 16.7 Å². The molecule has 6 rings (SSSR count). The highest BCUT2D eigenvalue weighted by atomic mass is 19.4. The number of aromatic nitrogens is 2. The SMILES string of the molecule is C=C(C)c1cccc(C2(c3nc4c(c(=O)[nH]3)CN(C(=O)Cc3cccc(-c5cccc(C(F)(F)F)c5)c3)CCC4)CC2)c1. The van der Waals surface area contributed by atoms with Crippen LogP contribution < -0.4 is 5.56 Å². The number of amides is 1. The standard InChI is InChI=1S/C35H32F3N3O2/c1-22(2)24-8-4-11-27(19-24)34(14-15-34)33-39-30-13-6-16-41(21-29(30)32(43)40-33)31(42)18-23-7-3-9-25(17-23)26-10-5-12-28(20-26)35(36,37)38/h3-5,7-12,17,19-20H,1,6,13-16,18,21H2,2H3,(H,39,40,43). The molecule has 220 valence electrons. The van der Waals surface area contributed by atoms with E-state index in [4.69, 9.17) is 4.98 Å². The van der Waals surface area contributed by atoms with E-state index in [1.165, 1.54) is 6.07 Å². The van der Waals surface area contributed by atoms with Crippen molar-refractivity contribution in [1.29, 1.82) is 0 Å². The van der Waals surface area contributed by atoms with Gasteiger partial charge in [-0.2, -0.15) is 13.2 Å². The first-order valence-electron chi connectivity index (χ1n) is 14.5. The van der Waals surface area contributed by atoms with Crippen LogP contribution in [-0.2, 0) is 35.8 Å². The van der Waals surface area contributed by atoms with E-state index >= 15 is 0 Å². The highest BCUT2D eigenvalue weighted by molar-refractivity contribution is 5.79. The van der Waals surface area contributed by atoms with E-state index in [0.29, 0.717) is 47.5 Å². The number of halogens is 3. The topological polar surface area (TPSA) is 66.1 Å². The second-order valence-corrected chi connectivity index (χ2v) is 11.7. The van der Waals surface area contributed by atoms with Gasteiger partial charge in [-0.05, 0) is 72.6 Å². The lowest BCUT2D eigenvalue weighted by atomic mass is 9.92. The maximum atomic E-state index is 13.4. The molecule has 1 aliphatic heterocycles. The van der Waals surface area contributed by atoms with Crippen molar-refractivity contribution in [2.75, 3.05) is 6.54 Å². The van der Waals surface area contributed by atoms with Crippen LogP contribution in [0.3, 0.4) is 0 Å². The van der Waals surface area contributed by atoms with Crippen molar-refractivity contribution < 1.29 is 18.0 Å². The summed E-state index contributed by atoms with van der Waals surface area (Å²) in [5.74, 6) is 0.536. The number of benzene rings is 3. The van der Waals surface area contributed by atoms with Gasteiger partial charge in [0.15, 0.2) is 0 Å². The van der Waals surface area contributed by atoms with Crippen molar-refractivity contribution in [3.8, 4) is 11.1 Å². The molecule has 8 heteroatoms. The molecule has 1 N–H and O–H groups in total. The number of hydrogen-bond acceptors (Lipinski definition) is 3. The first-order valence-corrected chi connectivity index (χ1v) is 14.5. The monoisotopic (exact) mass is 583 g/mol. The summed E-state index contributed by atoms with van der Waals surface area (Å²) in [4.78, 5) is 36.5. The highest BCUT2D eigenvalue weighted by Crippen LogP contribution is 2.52. The molecule has 1 aromatic heterocycles. The zero-order chi connectivity index (χ0) is 30.4. The number of H-pyrrole nitrogens is 1. The van der Waals surface area contributed by atoms with Crippen LogP contribution in [0.15, 0.2) is 84.2 Å². The molecule has 43 heavy (non-hydrogen) atoms. The fourth-order valence-corrected chi connectivity index (χ4v) is 5.95. The minimum atomic E-state index is -4.44. The molecule has 0 radical (unpaired) electrons. The molecule has 0 atom stereocenters. The Kier molecular flexibility index (Phi) is 7.32. The maximum absolute atomic E-state index is 13.4. The molecule has 4 aromatic rings. The van der Waals surface area contributed by atoms with Crippen LogP contribution in [0.1, 0.15) is 65.5 Å². The Bertz CT molecular complexity index is 1790. The molecule has 0 bridgehead atoms. The van der Waals surface area contributed by atoms with E-state index in [9.17, 15) is 22.8 Å². The Balaban J connectivity index is 1.21. The molecule has 0 spiro atoms. The molecule has 2 aliphatic rings. The number of allylic oxidation sites excluding steroid dienone is 1. The van der Waals surface area contributed by atoms with Gasteiger partial charge in [-0.1, -0.05) is 72.8 Å². The number of alkyl halides is 3. The van der Waals surface area contributed by atoms with Gasteiger partial charge in [0.05, 0.1) is 35.2 Å². The Morgan fingerprint density at radius 2 is 1.74 bits per heavy atom. The quantitative estimate of drug-likeness (QED) is 0.264. The van der Waals surface area contributed by atoms with Crippen molar-refractivity contribution in [1.82, 2.24) is 14.9 Å². The van der Waals surface area contributed by atoms with Crippen LogP contribution in [0.4, 0.5) is 13.2 Å². The summed E-state index contributed by atoms with van der Waals surface area (Å²) in [7, 11) is 0. The third kappa shape index (κ3) is 5.78. The van der Waals surface area contributed by atoms with Crippen LogP contribution in [-0.4, -0.2) is 27.3 Å². The molecule has 5 nitrogen and oxygen atoms in total. The maximum Gasteiger partial charge on any atom is 0.416 e. The minimum absolute atomic E-state index is 0.0771. The number of hydrogen-bond donors (Lipinski definition) is 1. The number of aryl methyl sites for hydroxylation is 1. The third-order valence-electron chi connectivity index (χ3n) is 8.56. The number of nitrogens with one attached hydrogen (secondary N) is 1. The Morgan fingerprint density at radius 3 is 2.47 bits per heavy atom. The van der Waals surface area contributed by atoms with Crippen molar-refractivity contribution in [2.45, 2.75) is 57.2 Å². The summed E-state index contributed by atoms with van der Waals surface area (Å²) in [6.45, 7) is 6.69. The number of carbonyl (C=O) groups is 1. The fraction of sp³-hybridized carbons (Fsp3) is 0.286. The second-order valence-electron chi connectivity index (χ2n) is 11.7. The average Bonchev–Trinajstić information content (AvgIpc) is 3.82. The summed E-state index contributed by atoms with van der Waals surface area (Å²) in [6, 6.07) is 20.4. The first kappa shape index (κ1) is 28.6. The molecule has 2 heterocycles. The average molecular weight is 584 g/mol. The van der Waals surface area contributed by atoms with E-state index in [0.717, 1.165) is 47.4 Å². The second kappa shape index (κ2) is 11.0. The molecular weight excluding hydrogens is 551 g/mol. The number of carbonyl (C=O) groups excluding carboxylic acids is 1. The number of rotatable bonds is 6. The van der Waals surface area contributed by atoms with Crippen molar-refractivity contribution >= 4 is 11.5 Å². The number of fused-ring (bicyclic) bond motifs is 1. The summed E-state index contributed by atoms with van der Waals surface area (Å²) in [5.41, 5.74) is 4.90. The van der Waals surface area contributed by atoms with Gasteiger partial charge < -0.3 is 9.88 Å². The zero-order valence-electron chi connectivity index (χ0n) is 23.9. The van der Waals surface area contributed by atoms with Gasteiger partial charge >= 0.3 is 6.18 Å². The largest absolute Gasteiger partial charge is 0.416 e. The van der Waals surface area contributed by atoms with Crippen LogP contribution in [0.2, 0.25) is 0 Å². The van der Waals surface area contributed by atoms with E-state index in [-0.39, 0.29) is 29.8 Å². The Morgan fingerprint density at radius 1 is 1.02 bits per heavy atom. The van der Waals surface area contributed by atoms with Gasteiger partial charge in [0.2, 0.25) is 5.91 Å².